The zero-order valence-corrected chi connectivity index (χ0v) is 25.0. The quantitative estimate of drug-likeness (QED) is 0.358. The van der Waals surface area contributed by atoms with Gasteiger partial charge in [-0.25, -0.2) is 0 Å². The zero-order valence-electron chi connectivity index (χ0n) is 25.0. The average molecular weight is 492 g/mol. The molecule has 36 heavy (non-hydrogen) atoms. The summed E-state index contributed by atoms with van der Waals surface area (Å²) in [5, 5.41) is 0. The number of hydrogen-bond acceptors (Lipinski definition) is 3. The lowest BCUT2D eigenvalue weighted by Crippen LogP contribution is -2.12. The number of benzene rings is 2. The van der Waals surface area contributed by atoms with E-state index in [0.29, 0.717) is 0 Å². The summed E-state index contributed by atoms with van der Waals surface area (Å²) in [5.74, 6) is 1.78. The third-order valence-electron chi connectivity index (χ3n) is 5.97. The maximum absolute atomic E-state index is 5.34. The third kappa shape index (κ3) is 10.0. The molecule has 0 amide bonds. The van der Waals surface area contributed by atoms with Gasteiger partial charge in [0.25, 0.3) is 0 Å². The van der Waals surface area contributed by atoms with Crippen LogP contribution in [-0.2, 0) is 16.2 Å². The molecule has 1 aromatic heterocycles. The van der Waals surface area contributed by atoms with Crippen molar-refractivity contribution in [3.8, 4) is 11.5 Å². The summed E-state index contributed by atoms with van der Waals surface area (Å²) < 4.78 is 10.7. The molecule has 2 aromatic carbocycles. The number of aromatic nitrogens is 1. The van der Waals surface area contributed by atoms with Gasteiger partial charge in [0.1, 0.15) is 11.5 Å². The molecule has 0 saturated heterocycles. The molecule has 0 N–H and O–H groups in total. The first kappa shape index (κ1) is 31.2. The van der Waals surface area contributed by atoms with Crippen LogP contribution < -0.4 is 9.47 Å². The summed E-state index contributed by atoms with van der Waals surface area (Å²) in [6.45, 7) is 23.8. The molecule has 0 aliphatic heterocycles. The lowest BCUT2D eigenvalue weighted by atomic mass is 9.86. The lowest BCUT2D eigenvalue weighted by Gasteiger charge is -2.22. The maximum atomic E-state index is 5.34. The van der Waals surface area contributed by atoms with Gasteiger partial charge in [-0.05, 0) is 60.1 Å². The van der Waals surface area contributed by atoms with E-state index in [1.807, 2.05) is 25.3 Å². The van der Waals surface area contributed by atoms with Crippen LogP contribution in [0.1, 0.15) is 90.3 Å². The van der Waals surface area contributed by atoms with E-state index in [2.05, 4.69) is 117 Å². The number of methoxy groups -OCH3 is 2. The van der Waals surface area contributed by atoms with Gasteiger partial charge in [-0.1, -0.05) is 98.2 Å². The molecule has 0 atom stereocenters. The molecule has 0 aliphatic carbocycles. The molecular formula is C33H49NO2. The van der Waals surface area contributed by atoms with Crippen molar-refractivity contribution >= 4 is 0 Å². The first-order chi connectivity index (χ1) is 16.5. The molecule has 0 spiro atoms. The van der Waals surface area contributed by atoms with Crippen LogP contribution >= 0.6 is 0 Å². The highest BCUT2D eigenvalue weighted by atomic mass is 16.5. The monoisotopic (exact) mass is 491 g/mol. The summed E-state index contributed by atoms with van der Waals surface area (Å²) in [7, 11) is 3.38. The second-order valence-electron chi connectivity index (χ2n) is 12.3. The molecule has 0 saturated carbocycles. The van der Waals surface area contributed by atoms with Gasteiger partial charge in [0, 0.05) is 22.9 Å². The molecule has 3 nitrogen and oxygen atoms in total. The van der Waals surface area contributed by atoms with E-state index in [1.54, 1.807) is 14.2 Å². The molecule has 0 bridgehead atoms. The molecule has 3 rings (SSSR count). The van der Waals surface area contributed by atoms with E-state index in [9.17, 15) is 0 Å². The first-order valence-electron chi connectivity index (χ1n) is 12.7. The second kappa shape index (κ2) is 12.9. The van der Waals surface area contributed by atoms with Crippen molar-refractivity contribution in [3.05, 3.63) is 88.7 Å². The van der Waals surface area contributed by atoms with Crippen molar-refractivity contribution in [3.63, 3.8) is 0 Å². The van der Waals surface area contributed by atoms with Crippen LogP contribution in [0.3, 0.4) is 0 Å². The van der Waals surface area contributed by atoms with Gasteiger partial charge in [-0.2, -0.15) is 0 Å². The molecule has 1 heterocycles. The van der Waals surface area contributed by atoms with Crippen LogP contribution in [0, 0.1) is 13.8 Å². The Kier molecular flexibility index (Phi) is 11.2. The predicted octanol–water partition coefficient (Wildman–Crippen LogP) is 8.98. The minimum atomic E-state index is 0.105. The number of ether oxygens (including phenoxy) is 2. The fourth-order valence-corrected chi connectivity index (χ4v) is 3.38. The van der Waals surface area contributed by atoms with Crippen LogP contribution in [0.5, 0.6) is 11.5 Å². The van der Waals surface area contributed by atoms with Gasteiger partial charge in [-0.15, -0.1) is 0 Å². The van der Waals surface area contributed by atoms with Crippen molar-refractivity contribution in [1.82, 2.24) is 4.98 Å². The van der Waals surface area contributed by atoms with Gasteiger partial charge < -0.3 is 9.47 Å². The van der Waals surface area contributed by atoms with E-state index in [0.717, 1.165) is 22.8 Å². The number of rotatable bonds is 2. The Hall–Kier alpha value is -2.81. The normalized spacial score (nSPS) is 11.5. The summed E-state index contributed by atoms with van der Waals surface area (Å²) in [4.78, 5) is 4.25. The third-order valence-corrected chi connectivity index (χ3v) is 5.97. The highest BCUT2D eigenvalue weighted by Gasteiger charge is 2.18. The number of hydrogen-bond donors (Lipinski definition) is 0. The maximum Gasteiger partial charge on any atom is 0.125 e. The molecular weight excluding hydrogens is 442 g/mol. The Morgan fingerprint density at radius 2 is 1.06 bits per heavy atom. The second-order valence-corrected chi connectivity index (χ2v) is 12.3. The summed E-state index contributed by atoms with van der Waals surface area (Å²) in [5.41, 5.74) is 6.73. The summed E-state index contributed by atoms with van der Waals surface area (Å²) >= 11 is 0. The van der Waals surface area contributed by atoms with Crippen molar-refractivity contribution < 1.29 is 9.47 Å². The lowest BCUT2D eigenvalue weighted by molar-refractivity contribution is 0.385. The van der Waals surface area contributed by atoms with Gasteiger partial charge in [-0.3, -0.25) is 4.98 Å². The minimum absolute atomic E-state index is 0.105. The minimum Gasteiger partial charge on any atom is -0.496 e. The summed E-state index contributed by atoms with van der Waals surface area (Å²) in [6, 6.07) is 18.9. The highest BCUT2D eigenvalue weighted by molar-refractivity contribution is 5.48. The molecule has 0 aliphatic rings. The Morgan fingerprint density at radius 3 is 1.36 bits per heavy atom. The van der Waals surface area contributed by atoms with Crippen molar-refractivity contribution in [2.24, 2.45) is 0 Å². The van der Waals surface area contributed by atoms with Gasteiger partial charge in [0.05, 0.1) is 14.2 Å². The fraction of sp³-hybridized carbons (Fsp3) is 0.485. The molecule has 198 valence electrons. The highest BCUT2D eigenvalue weighted by Crippen LogP contribution is 2.34. The topological polar surface area (TPSA) is 31.4 Å². The molecule has 0 fully saturated rings. The largest absolute Gasteiger partial charge is 0.496 e. The van der Waals surface area contributed by atoms with E-state index < -0.39 is 0 Å². The number of nitrogens with zero attached hydrogens (tertiary/aromatic N) is 1. The number of aryl methyl sites for hydroxylation is 1. The van der Waals surface area contributed by atoms with E-state index >= 15 is 0 Å². The van der Waals surface area contributed by atoms with Crippen molar-refractivity contribution in [2.45, 2.75) is 92.4 Å². The van der Waals surface area contributed by atoms with Crippen LogP contribution in [0.2, 0.25) is 0 Å². The van der Waals surface area contributed by atoms with Gasteiger partial charge in [0.15, 0.2) is 0 Å². The number of pyridine rings is 1. The van der Waals surface area contributed by atoms with E-state index in [-0.39, 0.29) is 16.2 Å². The van der Waals surface area contributed by atoms with Crippen LogP contribution in [0.25, 0.3) is 0 Å². The average Bonchev–Trinajstić information content (AvgIpc) is 2.79. The van der Waals surface area contributed by atoms with Crippen molar-refractivity contribution in [2.75, 3.05) is 14.2 Å². The van der Waals surface area contributed by atoms with Crippen LogP contribution in [-0.4, -0.2) is 19.2 Å². The van der Waals surface area contributed by atoms with Crippen LogP contribution in [0.4, 0.5) is 0 Å². The molecule has 0 radical (unpaired) electrons. The Balaban J connectivity index is 0.000000277. The zero-order chi connectivity index (χ0) is 27.7. The Labute approximate surface area is 221 Å². The standard InChI is InChI=1S/C13H20O2.C11H16.C9H13N/c1-9-11(14-5)7-10(13(2,3)4)8-12(9)15-6;1-9-5-7-10(8-6-9)11(2,3)4;1-9(2,3)8-6-4-5-7-10-8/h7-8H,1-6H3;5-8H,1-4H3;4-7H,1-3H3. The SMILES string of the molecule is CC(C)(C)c1ccccn1.COc1cc(C(C)(C)C)cc(OC)c1C.Cc1ccc(C(C)(C)C)cc1. The van der Waals surface area contributed by atoms with Crippen LogP contribution in [0.15, 0.2) is 60.8 Å². The van der Waals surface area contributed by atoms with Gasteiger partial charge in [0.2, 0.25) is 0 Å². The summed E-state index contributed by atoms with van der Waals surface area (Å²) in [6.07, 6.45) is 1.83. The fourth-order valence-electron chi connectivity index (χ4n) is 3.38. The van der Waals surface area contributed by atoms with Gasteiger partial charge >= 0.3 is 0 Å². The first-order valence-corrected chi connectivity index (χ1v) is 12.7. The van der Waals surface area contributed by atoms with E-state index in [1.165, 1.54) is 16.7 Å². The predicted molar refractivity (Wildman–Crippen MR) is 156 cm³/mol. The molecule has 3 heteroatoms. The molecule has 3 aromatic rings. The molecule has 0 unspecified atom stereocenters. The Morgan fingerprint density at radius 1 is 0.583 bits per heavy atom. The Bertz CT molecular complexity index is 1020. The van der Waals surface area contributed by atoms with E-state index in [4.69, 9.17) is 9.47 Å². The smallest absolute Gasteiger partial charge is 0.125 e. The van der Waals surface area contributed by atoms with Crippen molar-refractivity contribution in [1.29, 1.82) is 0 Å².